The van der Waals surface area contributed by atoms with E-state index in [0.717, 1.165) is 5.69 Å². The highest BCUT2D eigenvalue weighted by atomic mass is 32.2. The normalized spacial score (nSPS) is 11.8. The molecule has 0 amide bonds. The van der Waals surface area contributed by atoms with Gasteiger partial charge in [0.1, 0.15) is 12.0 Å². The van der Waals surface area contributed by atoms with Gasteiger partial charge in [0.2, 0.25) is 5.09 Å². The average molecular weight is 257 g/mol. The Kier molecular flexibility index (Phi) is 3.27. The summed E-state index contributed by atoms with van der Waals surface area (Å²) >= 11 is 0. The van der Waals surface area contributed by atoms with E-state index in [4.69, 9.17) is 9.56 Å². The fourth-order valence-electron chi connectivity index (χ4n) is 1.25. The highest BCUT2D eigenvalue weighted by Gasteiger charge is 2.12. The van der Waals surface area contributed by atoms with Crippen molar-refractivity contribution in [1.82, 2.24) is 10.5 Å². The van der Waals surface area contributed by atoms with Crippen molar-refractivity contribution in [3.63, 3.8) is 0 Å². The molecule has 0 unspecified atom stereocenters. The van der Waals surface area contributed by atoms with Crippen molar-refractivity contribution in [2.45, 2.75) is 18.2 Å². The van der Waals surface area contributed by atoms with Crippen LogP contribution in [0.2, 0.25) is 0 Å². The van der Waals surface area contributed by atoms with Crippen molar-refractivity contribution >= 4 is 10.0 Å². The van der Waals surface area contributed by atoms with Gasteiger partial charge in [0, 0.05) is 12.6 Å². The second-order valence-electron chi connectivity index (χ2n) is 3.36. The van der Waals surface area contributed by atoms with Gasteiger partial charge in [-0.05, 0) is 12.1 Å². The van der Waals surface area contributed by atoms with E-state index in [1.807, 2.05) is 0 Å². The summed E-state index contributed by atoms with van der Waals surface area (Å²) in [5.41, 5.74) is 0.753. The van der Waals surface area contributed by atoms with Crippen LogP contribution in [-0.2, 0) is 23.1 Å². The first-order valence-corrected chi connectivity index (χ1v) is 6.32. The number of nitrogens with one attached hydrogen (secondary N) is 1. The van der Waals surface area contributed by atoms with Gasteiger partial charge in [0.25, 0.3) is 10.0 Å². The lowest BCUT2D eigenvalue weighted by molar-refractivity contribution is 0.393. The van der Waals surface area contributed by atoms with E-state index in [9.17, 15) is 8.42 Å². The first kappa shape index (κ1) is 11.8. The first-order chi connectivity index (χ1) is 8.05. The average Bonchev–Trinajstić information content (AvgIpc) is 2.86. The fourth-order valence-corrected chi connectivity index (χ4v) is 1.73. The second kappa shape index (κ2) is 4.70. The maximum Gasteiger partial charge on any atom is 0.271 e. The van der Waals surface area contributed by atoms with E-state index < -0.39 is 10.0 Å². The number of sulfonamides is 1. The molecule has 0 fully saturated rings. The SMILES string of the molecule is NS(=O)(=O)c1ccc(CNCc2ccon2)o1. The van der Waals surface area contributed by atoms with Crippen molar-refractivity contribution in [3.8, 4) is 0 Å². The Morgan fingerprint density at radius 3 is 2.71 bits per heavy atom. The van der Waals surface area contributed by atoms with Gasteiger partial charge in [-0.15, -0.1) is 0 Å². The van der Waals surface area contributed by atoms with Crippen LogP contribution in [0.15, 0.2) is 38.5 Å². The Hall–Kier alpha value is -1.64. The van der Waals surface area contributed by atoms with E-state index in [0.29, 0.717) is 18.8 Å². The van der Waals surface area contributed by atoms with Crippen molar-refractivity contribution in [2.75, 3.05) is 0 Å². The van der Waals surface area contributed by atoms with E-state index in [1.54, 1.807) is 12.1 Å². The summed E-state index contributed by atoms with van der Waals surface area (Å²) in [7, 11) is -3.77. The molecule has 8 heteroatoms. The first-order valence-electron chi connectivity index (χ1n) is 4.77. The molecular weight excluding hydrogens is 246 g/mol. The number of nitrogens with two attached hydrogens (primary N) is 1. The third-order valence-corrected chi connectivity index (χ3v) is 2.79. The predicted molar refractivity (Wildman–Crippen MR) is 57.1 cm³/mol. The summed E-state index contributed by atoms with van der Waals surface area (Å²) < 4.78 is 31.6. The van der Waals surface area contributed by atoms with Crippen LogP contribution in [0.3, 0.4) is 0 Å². The van der Waals surface area contributed by atoms with Crippen molar-refractivity contribution in [3.05, 3.63) is 35.9 Å². The molecule has 0 aliphatic rings. The van der Waals surface area contributed by atoms with Gasteiger partial charge < -0.3 is 14.3 Å². The van der Waals surface area contributed by atoms with Gasteiger partial charge in [0.15, 0.2) is 0 Å². The number of aromatic nitrogens is 1. The molecule has 17 heavy (non-hydrogen) atoms. The Labute approximate surface area is 97.6 Å². The third kappa shape index (κ3) is 3.16. The molecule has 0 saturated heterocycles. The van der Waals surface area contributed by atoms with Crippen LogP contribution < -0.4 is 10.5 Å². The summed E-state index contributed by atoms with van der Waals surface area (Å²) in [4.78, 5) is 0. The number of nitrogens with zero attached hydrogens (tertiary/aromatic N) is 1. The molecule has 0 radical (unpaired) electrons. The molecule has 0 aliphatic carbocycles. The van der Waals surface area contributed by atoms with Gasteiger partial charge in [-0.25, -0.2) is 13.6 Å². The standard InChI is InChI=1S/C9H11N3O4S/c10-17(13,14)9-2-1-8(16-9)6-11-5-7-3-4-15-12-7/h1-4,11H,5-6H2,(H2,10,13,14). The lowest BCUT2D eigenvalue weighted by Crippen LogP contribution is -2.13. The van der Waals surface area contributed by atoms with Gasteiger partial charge in [-0.2, -0.15) is 0 Å². The largest absolute Gasteiger partial charge is 0.447 e. The van der Waals surface area contributed by atoms with Crippen LogP contribution in [0.1, 0.15) is 11.5 Å². The van der Waals surface area contributed by atoms with E-state index in [-0.39, 0.29) is 5.09 Å². The zero-order valence-corrected chi connectivity index (χ0v) is 9.61. The summed E-state index contributed by atoms with van der Waals surface area (Å²) in [6.07, 6.45) is 1.48. The number of hydrogen-bond acceptors (Lipinski definition) is 6. The van der Waals surface area contributed by atoms with Crippen LogP contribution in [0, 0.1) is 0 Å². The number of primary sulfonamides is 1. The zero-order valence-electron chi connectivity index (χ0n) is 8.79. The molecule has 3 N–H and O–H groups in total. The van der Waals surface area contributed by atoms with Crippen LogP contribution in [0.5, 0.6) is 0 Å². The summed E-state index contributed by atoms with van der Waals surface area (Å²) in [5, 5.41) is 11.4. The van der Waals surface area contributed by atoms with Crippen LogP contribution >= 0.6 is 0 Å². The summed E-state index contributed by atoms with van der Waals surface area (Å²) in [6, 6.07) is 4.60. The van der Waals surface area contributed by atoms with Crippen molar-refractivity contribution in [1.29, 1.82) is 0 Å². The third-order valence-electron chi connectivity index (χ3n) is 2.01. The highest BCUT2D eigenvalue weighted by Crippen LogP contribution is 2.11. The van der Waals surface area contributed by atoms with Gasteiger partial charge >= 0.3 is 0 Å². The predicted octanol–water partition coefficient (Wildman–Crippen LogP) is 0.205. The van der Waals surface area contributed by atoms with Crippen LogP contribution in [0.4, 0.5) is 0 Å². The lowest BCUT2D eigenvalue weighted by Gasteiger charge is -1.98. The molecule has 0 saturated carbocycles. The van der Waals surface area contributed by atoms with Gasteiger partial charge in [0.05, 0.1) is 12.2 Å². The van der Waals surface area contributed by atoms with Crippen molar-refractivity contribution < 1.29 is 17.4 Å². The number of hydrogen-bond donors (Lipinski definition) is 2. The molecule has 0 aromatic carbocycles. The highest BCUT2D eigenvalue weighted by molar-refractivity contribution is 7.89. The van der Waals surface area contributed by atoms with E-state index in [1.165, 1.54) is 12.3 Å². The minimum atomic E-state index is -3.77. The van der Waals surface area contributed by atoms with E-state index in [2.05, 4.69) is 15.0 Å². The Morgan fingerprint density at radius 2 is 2.12 bits per heavy atom. The molecule has 2 rings (SSSR count). The Bertz CT molecular complexity index is 573. The zero-order chi connectivity index (χ0) is 12.3. The van der Waals surface area contributed by atoms with Gasteiger partial charge in [-0.3, -0.25) is 0 Å². The Morgan fingerprint density at radius 1 is 1.29 bits per heavy atom. The minimum Gasteiger partial charge on any atom is -0.447 e. The molecular formula is C9H11N3O4S. The second-order valence-corrected chi connectivity index (χ2v) is 4.85. The minimum absolute atomic E-state index is 0.240. The van der Waals surface area contributed by atoms with Crippen LogP contribution in [-0.4, -0.2) is 13.6 Å². The molecule has 0 spiro atoms. The smallest absolute Gasteiger partial charge is 0.271 e. The fraction of sp³-hybridized carbons (Fsp3) is 0.222. The molecule has 2 aromatic rings. The van der Waals surface area contributed by atoms with Crippen molar-refractivity contribution in [2.24, 2.45) is 5.14 Å². The molecule has 0 atom stereocenters. The number of rotatable bonds is 5. The molecule has 92 valence electrons. The molecule has 2 aromatic heterocycles. The molecule has 7 nitrogen and oxygen atoms in total. The van der Waals surface area contributed by atoms with E-state index >= 15 is 0 Å². The summed E-state index contributed by atoms with van der Waals surface area (Å²) in [6.45, 7) is 0.879. The maximum atomic E-state index is 10.9. The summed E-state index contributed by atoms with van der Waals surface area (Å²) in [5.74, 6) is 0.484. The molecule has 2 heterocycles. The molecule has 0 aliphatic heterocycles. The molecule has 0 bridgehead atoms. The lowest BCUT2D eigenvalue weighted by atomic mass is 10.4. The number of furan rings is 1. The topological polar surface area (TPSA) is 111 Å². The van der Waals surface area contributed by atoms with Crippen LogP contribution in [0.25, 0.3) is 0 Å². The monoisotopic (exact) mass is 257 g/mol. The van der Waals surface area contributed by atoms with Gasteiger partial charge in [-0.1, -0.05) is 5.16 Å². The maximum absolute atomic E-state index is 10.9. The quantitative estimate of drug-likeness (QED) is 0.791. The Balaban J connectivity index is 1.90.